The summed E-state index contributed by atoms with van der Waals surface area (Å²) in [6, 6.07) is 2.46. The molecule has 1 aromatic heterocycles. The number of carbonyl (C=O) groups is 4. The Kier molecular flexibility index (Phi) is 10.5. The first-order valence-corrected chi connectivity index (χ1v) is 12.3. The molecule has 0 bridgehead atoms. The average Bonchev–Trinajstić information content (AvgIpc) is 2.83. The van der Waals surface area contributed by atoms with Gasteiger partial charge in [-0.1, -0.05) is 52.1 Å². The highest BCUT2D eigenvalue weighted by molar-refractivity contribution is 6.32. The lowest BCUT2D eigenvalue weighted by molar-refractivity contribution is -0.155. The highest BCUT2D eigenvalue weighted by Crippen LogP contribution is 2.24. The van der Waals surface area contributed by atoms with Gasteiger partial charge in [0.25, 0.3) is 5.91 Å². The highest BCUT2D eigenvalue weighted by atomic mass is 35.5. The maximum absolute atomic E-state index is 13.5. The Morgan fingerprint density at radius 3 is 2.40 bits per heavy atom. The number of amides is 4. The summed E-state index contributed by atoms with van der Waals surface area (Å²) >= 11 is 6.05. The molecule has 4 amide bonds. The van der Waals surface area contributed by atoms with Crippen LogP contribution in [0.1, 0.15) is 57.3 Å². The first-order valence-electron chi connectivity index (χ1n) is 11.9. The van der Waals surface area contributed by atoms with E-state index in [1.54, 1.807) is 21.9 Å². The normalized spacial score (nSPS) is 15.8. The Labute approximate surface area is 211 Å². The molecular weight excluding hydrogens is 474 g/mol. The highest BCUT2D eigenvalue weighted by Gasteiger charge is 2.38. The number of rotatable bonds is 10. The number of hydrogen-bond donors (Lipinski definition) is 2. The molecule has 0 unspecified atom stereocenters. The van der Waals surface area contributed by atoms with Crippen LogP contribution in [0.5, 0.6) is 0 Å². The van der Waals surface area contributed by atoms with Crippen molar-refractivity contribution in [2.75, 3.05) is 32.7 Å². The van der Waals surface area contributed by atoms with Crippen LogP contribution in [0.4, 0.5) is 0 Å². The number of hydrogen-bond acceptors (Lipinski definition) is 6. The summed E-state index contributed by atoms with van der Waals surface area (Å²) < 4.78 is 0. The van der Waals surface area contributed by atoms with Crippen LogP contribution in [0.15, 0.2) is 18.3 Å². The topological polar surface area (TPSA) is 123 Å². The van der Waals surface area contributed by atoms with Crippen LogP contribution in [0, 0.1) is 11.3 Å². The van der Waals surface area contributed by atoms with Gasteiger partial charge in [-0.3, -0.25) is 24.4 Å². The third-order valence-corrected chi connectivity index (χ3v) is 6.37. The number of halogens is 1. The van der Waals surface area contributed by atoms with E-state index in [9.17, 15) is 24.4 Å². The lowest BCUT2D eigenvalue weighted by Gasteiger charge is -2.40. The predicted octanol–water partition coefficient (Wildman–Crippen LogP) is 2.20. The van der Waals surface area contributed by atoms with Crippen LogP contribution in [-0.4, -0.2) is 88.0 Å². The number of pyridine rings is 1. The summed E-state index contributed by atoms with van der Waals surface area (Å²) in [4.78, 5) is 57.4. The number of nitrogens with zero attached hydrogens (tertiary/aromatic N) is 4. The largest absolute Gasteiger partial charge is 0.344 e. The lowest BCUT2D eigenvalue weighted by atomic mass is 9.85. The molecule has 1 aromatic rings. The van der Waals surface area contributed by atoms with Gasteiger partial charge in [-0.2, -0.15) is 0 Å². The molecule has 2 N–H and O–H groups in total. The maximum Gasteiger partial charge on any atom is 0.257 e. The van der Waals surface area contributed by atoms with Crippen molar-refractivity contribution in [3.05, 3.63) is 29.0 Å². The van der Waals surface area contributed by atoms with Gasteiger partial charge < -0.3 is 15.1 Å². The van der Waals surface area contributed by atoms with Crippen molar-refractivity contribution in [2.45, 2.75) is 53.0 Å². The number of carbonyl (C=O) groups excluding carboxylic acids is 4. The quantitative estimate of drug-likeness (QED) is 0.216. The Morgan fingerprint density at radius 1 is 1.23 bits per heavy atom. The predicted molar refractivity (Wildman–Crippen MR) is 131 cm³/mol. The number of piperazine rings is 1. The molecule has 2 heterocycles. The van der Waals surface area contributed by atoms with Gasteiger partial charge in [-0.25, -0.2) is 10.0 Å². The Hall–Kier alpha value is -2.72. The Morgan fingerprint density at radius 2 is 1.86 bits per heavy atom. The van der Waals surface area contributed by atoms with Gasteiger partial charge in [0.15, 0.2) is 0 Å². The summed E-state index contributed by atoms with van der Waals surface area (Å²) in [5, 5.41) is 13.1. The molecule has 0 saturated carbocycles. The summed E-state index contributed by atoms with van der Waals surface area (Å²) in [5.41, 5.74) is -0.262. The molecule has 1 aliphatic rings. The second-order valence-electron chi connectivity index (χ2n) is 9.83. The molecule has 0 radical (unpaired) electrons. The monoisotopic (exact) mass is 509 g/mol. The molecule has 0 aromatic carbocycles. The molecule has 194 valence electrons. The number of unbranched alkanes of at least 4 members (excludes halogenated alkanes) is 1. The summed E-state index contributed by atoms with van der Waals surface area (Å²) in [5.74, 6) is -1.49. The minimum atomic E-state index is -0.808. The SMILES string of the molecule is CCCC[C@H](CN(O)C=O)C(=O)N[C@H](C(=O)N1CCN(C(=O)c2cccnc2Cl)CC1)C(C)(C)C. The van der Waals surface area contributed by atoms with Crippen molar-refractivity contribution in [2.24, 2.45) is 11.3 Å². The van der Waals surface area contributed by atoms with Crippen molar-refractivity contribution in [3.63, 3.8) is 0 Å². The minimum absolute atomic E-state index is 0.139. The maximum atomic E-state index is 13.5. The summed E-state index contributed by atoms with van der Waals surface area (Å²) in [7, 11) is 0. The minimum Gasteiger partial charge on any atom is -0.344 e. The fourth-order valence-electron chi connectivity index (χ4n) is 3.96. The van der Waals surface area contributed by atoms with E-state index in [-0.39, 0.29) is 35.8 Å². The van der Waals surface area contributed by atoms with Crippen molar-refractivity contribution >= 4 is 35.7 Å². The smallest absolute Gasteiger partial charge is 0.257 e. The van der Waals surface area contributed by atoms with Crippen LogP contribution in [0.2, 0.25) is 5.15 Å². The zero-order valence-electron chi connectivity index (χ0n) is 20.9. The fourth-order valence-corrected chi connectivity index (χ4v) is 4.16. The molecule has 35 heavy (non-hydrogen) atoms. The zero-order chi connectivity index (χ0) is 26.2. The molecule has 2 atom stereocenters. The molecule has 2 rings (SSSR count). The number of nitrogens with one attached hydrogen (secondary N) is 1. The van der Waals surface area contributed by atoms with E-state index >= 15 is 0 Å². The molecule has 11 heteroatoms. The molecule has 1 saturated heterocycles. The Bertz CT molecular complexity index is 899. The van der Waals surface area contributed by atoms with E-state index in [2.05, 4.69) is 10.3 Å². The second kappa shape index (κ2) is 12.8. The van der Waals surface area contributed by atoms with E-state index in [0.717, 1.165) is 12.8 Å². The van der Waals surface area contributed by atoms with E-state index in [1.165, 1.54) is 6.20 Å². The van der Waals surface area contributed by atoms with Gasteiger partial charge in [-0.05, 0) is 24.0 Å². The van der Waals surface area contributed by atoms with Crippen LogP contribution >= 0.6 is 11.6 Å². The summed E-state index contributed by atoms with van der Waals surface area (Å²) in [6.45, 7) is 8.74. The molecular formula is C24H36ClN5O5. The first kappa shape index (κ1) is 28.5. The number of aromatic nitrogens is 1. The van der Waals surface area contributed by atoms with Crippen molar-refractivity contribution in [3.8, 4) is 0 Å². The third-order valence-electron chi connectivity index (χ3n) is 6.07. The van der Waals surface area contributed by atoms with Gasteiger partial charge in [0.1, 0.15) is 11.2 Å². The molecule has 1 aliphatic heterocycles. The number of hydroxylamine groups is 2. The standard InChI is InChI=1S/C24H36ClN5O5/c1-5-6-8-17(15-30(35)16-31)21(32)27-19(24(2,3)4)23(34)29-13-11-28(12-14-29)22(33)18-9-7-10-26-20(18)25/h7,9-10,16-17,19,35H,5-6,8,11-15H2,1-4H3,(H,27,32)/t17-,19-/m1/s1. The zero-order valence-corrected chi connectivity index (χ0v) is 21.6. The Balaban J connectivity index is 2.07. The molecule has 0 spiro atoms. The molecule has 10 nitrogen and oxygen atoms in total. The van der Waals surface area contributed by atoms with Gasteiger partial charge >= 0.3 is 0 Å². The van der Waals surface area contributed by atoms with Crippen molar-refractivity contribution in [1.82, 2.24) is 25.2 Å². The first-order chi connectivity index (χ1) is 16.5. The van der Waals surface area contributed by atoms with Crippen LogP contribution in [0.3, 0.4) is 0 Å². The fraction of sp³-hybridized carbons (Fsp3) is 0.625. The molecule has 1 fully saturated rings. The van der Waals surface area contributed by atoms with Crippen LogP contribution in [-0.2, 0) is 14.4 Å². The van der Waals surface area contributed by atoms with E-state index < -0.39 is 17.4 Å². The third kappa shape index (κ3) is 7.90. The van der Waals surface area contributed by atoms with E-state index in [1.807, 2.05) is 27.7 Å². The lowest BCUT2D eigenvalue weighted by Crippen LogP contribution is -2.60. The van der Waals surface area contributed by atoms with Gasteiger partial charge in [0.2, 0.25) is 18.2 Å². The van der Waals surface area contributed by atoms with E-state index in [0.29, 0.717) is 43.2 Å². The van der Waals surface area contributed by atoms with Crippen LogP contribution in [0.25, 0.3) is 0 Å². The van der Waals surface area contributed by atoms with Crippen molar-refractivity contribution in [1.29, 1.82) is 0 Å². The summed E-state index contributed by atoms with van der Waals surface area (Å²) in [6.07, 6.45) is 3.86. The van der Waals surface area contributed by atoms with Gasteiger partial charge in [0, 0.05) is 32.4 Å². The van der Waals surface area contributed by atoms with E-state index in [4.69, 9.17) is 11.6 Å². The van der Waals surface area contributed by atoms with Gasteiger partial charge in [0.05, 0.1) is 18.0 Å². The van der Waals surface area contributed by atoms with Crippen molar-refractivity contribution < 1.29 is 24.4 Å². The second-order valence-corrected chi connectivity index (χ2v) is 10.2. The van der Waals surface area contributed by atoms with Crippen LogP contribution < -0.4 is 5.32 Å². The molecule has 0 aliphatic carbocycles. The average molecular weight is 510 g/mol. The van der Waals surface area contributed by atoms with Gasteiger partial charge in [-0.15, -0.1) is 0 Å².